The van der Waals surface area contributed by atoms with Crippen molar-refractivity contribution >= 4 is 18.3 Å². The zero-order valence-electron chi connectivity index (χ0n) is 10.8. The van der Waals surface area contributed by atoms with Gasteiger partial charge in [0.2, 0.25) is 5.91 Å². The molecule has 5 heteroatoms. The number of carbonyl (C=O) groups excluding carboxylic acids is 1. The Kier molecular flexibility index (Phi) is 5.22. The van der Waals surface area contributed by atoms with E-state index in [-0.39, 0.29) is 30.5 Å². The number of halogens is 1. The highest BCUT2D eigenvalue weighted by molar-refractivity contribution is 5.85. The number of hydrogen-bond acceptors (Lipinski definition) is 3. The SMILES string of the molecule is CC1CCN(C(=O)[C@H]2NCCO[C@@H]2C)C1C.Cl. The Morgan fingerprint density at radius 3 is 2.59 bits per heavy atom. The van der Waals surface area contributed by atoms with Crippen molar-refractivity contribution in [1.82, 2.24) is 10.2 Å². The first kappa shape index (κ1) is 14.7. The lowest BCUT2D eigenvalue weighted by Crippen LogP contribution is -2.57. The molecular formula is C12H23ClN2O2. The van der Waals surface area contributed by atoms with E-state index in [9.17, 15) is 4.79 Å². The minimum Gasteiger partial charge on any atom is -0.375 e. The van der Waals surface area contributed by atoms with Crippen LogP contribution < -0.4 is 5.32 Å². The maximum atomic E-state index is 12.4. The van der Waals surface area contributed by atoms with Crippen molar-refractivity contribution < 1.29 is 9.53 Å². The summed E-state index contributed by atoms with van der Waals surface area (Å²) in [4.78, 5) is 14.4. The predicted octanol–water partition coefficient (Wildman–Crippen LogP) is 1.04. The number of morpholine rings is 1. The topological polar surface area (TPSA) is 41.6 Å². The number of likely N-dealkylation sites (tertiary alicyclic amines) is 1. The molecule has 0 aromatic rings. The molecule has 1 amide bonds. The first-order chi connectivity index (χ1) is 7.61. The molecule has 17 heavy (non-hydrogen) atoms. The molecule has 2 aliphatic rings. The van der Waals surface area contributed by atoms with Crippen LogP contribution in [0.4, 0.5) is 0 Å². The molecule has 2 aliphatic heterocycles. The van der Waals surface area contributed by atoms with Crippen molar-refractivity contribution in [3.63, 3.8) is 0 Å². The van der Waals surface area contributed by atoms with Gasteiger partial charge >= 0.3 is 0 Å². The highest BCUT2D eigenvalue weighted by atomic mass is 35.5. The van der Waals surface area contributed by atoms with Gasteiger partial charge in [0.1, 0.15) is 6.04 Å². The van der Waals surface area contributed by atoms with E-state index in [0.717, 1.165) is 19.5 Å². The standard InChI is InChI=1S/C12H22N2O2.ClH/c1-8-4-6-14(9(8)2)12(15)11-10(3)16-7-5-13-11;/h8-11,13H,4-7H2,1-3H3;1H/t8?,9?,10-,11+;/m1./s1. The molecule has 2 saturated heterocycles. The molecular weight excluding hydrogens is 240 g/mol. The highest BCUT2D eigenvalue weighted by Crippen LogP contribution is 2.24. The molecule has 2 unspecified atom stereocenters. The molecule has 0 aromatic carbocycles. The lowest BCUT2D eigenvalue weighted by molar-refractivity contribution is -0.140. The van der Waals surface area contributed by atoms with Crippen LogP contribution in [0, 0.1) is 5.92 Å². The Hall–Kier alpha value is -0.320. The summed E-state index contributed by atoms with van der Waals surface area (Å²) in [7, 11) is 0. The fraction of sp³-hybridized carbons (Fsp3) is 0.917. The molecule has 0 aromatic heterocycles. The molecule has 0 radical (unpaired) electrons. The van der Waals surface area contributed by atoms with Gasteiger partial charge in [-0.25, -0.2) is 0 Å². The third kappa shape index (κ3) is 2.92. The van der Waals surface area contributed by atoms with E-state index in [1.54, 1.807) is 0 Å². The Labute approximate surface area is 109 Å². The van der Waals surface area contributed by atoms with Gasteiger partial charge in [0, 0.05) is 19.1 Å². The maximum Gasteiger partial charge on any atom is 0.242 e. The average molecular weight is 263 g/mol. The molecule has 4 nitrogen and oxygen atoms in total. The van der Waals surface area contributed by atoms with Gasteiger partial charge in [-0.15, -0.1) is 12.4 Å². The van der Waals surface area contributed by atoms with E-state index in [1.165, 1.54) is 0 Å². The number of hydrogen-bond donors (Lipinski definition) is 1. The summed E-state index contributed by atoms with van der Waals surface area (Å²) in [5, 5.41) is 3.26. The van der Waals surface area contributed by atoms with Gasteiger partial charge < -0.3 is 15.0 Å². The Balaban J connectivity index is 0.00000144. The lowest BCUT2D eigenvalue weighted by Gasteiger charge is -2.34. The van der Waals surface area contributed by atoms with Crippen LogP contribution in [0.25, 0.3) is 0 Å². The molecule has 100 valence electrons. The van der Waals surface area contributed by atoms with Crippen molar-refractivity contribution in [3.05, 3.63) is 0 Å². The van der Waals surface area contributed by atoms with Gasteiger partial charge in [-0.05, 0) is 26.2 Å². The van der Waals surface area contributed by atoms with Gasteiger partial charge in [-0.3, -0.25) is 4.79 Å². The van der Waals surface area contributed by atoms with E-state index < -0.39 is 0 Å². The van der Waals surface area contributed by atoms with E-state index in [1.807, 2.05) is 11.8 Å². The number of amides is 1. The Morgan fingerprint density at radius 1 is 1.35 bits per heavy atom. The fourth-order valence-electron chi connectivity index (χ4n) is 2.59. The summed E-state index contributed by atoms with van der Waals surface area (Å²) in [5.41, 5.74) is 0. The van der Waals surface area contributed by atoms with Crippen LogP contribution in [-0.2, 0) is 9.53 Å². The van der Waals surface area contributed by atoms with E-state index >= 15 is 0 Å². The normalized spacial score (nSPS) is 37.7. The van der Waals surface area contributed by atoms with Crippen molar-refractivity contribution in [2.75, 3.05) is 19.7 Å². The van der Waals surface area contributed by atoms with E-state index in [4.69, 9.17) is 4.74 Å². The van der Waals surface area contributed by atoms with E-state index in [2.05, 4.69) is 19.2 Å². The molecule has 0 bridgehead atoms. The van der Waals surface area contributed by atoms with Crippen LogP contribution in [0.15, 0.2) is 0 Å². The molecule has 0 saturated carbocycles. The molecule has 2 heterocycles. The summed E-state index contributed by atoms with van der Waals surface area (Å²) in [6, 6.07) is 0.213. The first-order valence-corrected chi connectivity index (χ1v) is 6.26. The number of carbonyl (C=O) groups is 1. The second kappa shape index (κ2) is 6.03. The monoisotopic (exact) mass is 262 g/mol. The minimum absolute atomic E-state index is 0. The van der Waals surface area contributed by atoms with Crippen molar-refractivity contribution in [1.29, 1.82) is 0 Å². The van der Waals surface area contributed by atoms with Gasteiger partial charge in [0.25, 0.3) is 0 Å². The van der Waals surface area contributed by atoms with Crippen LogP contribution in [0.5, 0.6) is 0 Å². The molecule has 2 fully saturated rings. The third-order valence-corrected chi connectivity index (χ3v) is 4.01. The van der Waals surface area contributed by atoms with Crippen LogP contribution in [0.3, 0.4) is 0 Å². The number of rotatable bonds is 1. The minimum atomic E-state index is -0.151. The third-order valence-electron chi connectivity index (χ3n) is 4.01. The quantitative estimate of drug-likeness (QED) is 0.768. The van der Waals surface area contributed by atoms with Crippen LogP contribution in [0.1, 0.15) is 27.2 Å². The Bertz CT molecular complexity index is 269. The van der Waals surface area contributed by atoms with Crippen molar-refractivity contribution in [3.8, 4) is 0 Å². The smallest absolute Gasteiger partial charge is 0.242 e. The number of nitrogens with zero attached hydrogens (tertiary/aromatic N) is 1. The number of nitrogens with one attached hydrogen (secondary N) is 1. The van der Waals surface area contributed by atoms with Gasteiger partial charge in [-0.1, -0.05) is 6.92 Å². The molecule has 2 rings (SSSR count). The Morgan fingerprint density at radius 2 is 2.06 bits per heavy atom. The first-order valence-electron chi connectivity index (χ1n) is 6.26. The molecule has 1 N–H and O–H groups in total. The van der Waals surface area contributed by atoms with E-state index in [0.29, 0.717) is 18.6 Å². The second-order valence-corrected chi connectivity index (χ2v) is 5.05. The fourth-order valence-corrected chi connectivity index (χ4v) is 2.59. The largest absolute Gasteiger partial charge is 0.375 e. The lowest BCUT2D eigenvalue weighted by atomic mass is 10.0. The molecule has 4 atom stereocenters. The molecule has 0 aliphatic carbocycles. The van der Waals surface area contributed by atoms with Crippen LogP contribution in [0.2, 0.25) is 0 Å². The van der Waals surface area contributed by atoms with Gasteiger partial charge in [0.15, 0.2) is 0 Å². The van der Waals surface area contributed by atoms with Crippen molar-refractivity contribution in [2.45, 2.75) is 45.4 Å². The van der Waals surface area contributed by atoms with Gasteiger partial charge in [0.05, 0.1) is 12.7 Å². The highest BCUT2D eigenvalue weighted by Gasteiger charge is 2.37. The maximum absolute atomic E-state index is 12.4. The second-order valence-electron chi connectivity index (χ2n) is 5.05. The van der Waals surface area contributed by atoms with Crippen LogP contribution >= 0.6 is 12.4 Å². The summed E-state index contributed by atoms with van der Waals surface area (Å²) >= 11 is 0. The zero-order valence-corrected chi connectivity index (χ0v) is 11.6. The molecule has 0 spiro atoms. The summed E-state index contributed by atoms with van der Waals surface area (Å²) in [5.74, 6) is 0.827. The summed E-state index contributed by atoms with van der Waals surface area (Å²) < 4.78 is 5.52. The number of ether oxygens (including phenoxy) is 1. The van der Waals surface area contributed by atoms with Gasteiger partial charge in [-0.2, -0.15) is 0 Å². The summed E-state index contributed by atoms with van der Waals surface area (Å²) in [6.45, 7) is 8.70. The zero-order chi connectivity index (χ0) is 11.7. The average Bonchev–Trinajstić information content (AvgIpc) is 2.60. The summed E-state index contributed by atoms with van der Waals surface area (Å²) in [6.07, 6.45) is 1.11. The van der Waals surface area contributed by atoms with Crippen molar-refractivity contribution in [2.24, 2.45) is 5.92 Å². The predicted molar refractivity (Wildman–Crippen MR) is 69.4 cm³/mol. The van der Waals surface area contributed by atoms with Crippen LogP contribution in [-0.4, -0.2) is 48.7 Å².